The maximum Gasteiger partial charge on any atom is 0.453 e. The van der Waals surface area contributed by atoms with Crippen molar-refractivity contribution < 1.29 is 84.9 Å². The Morgan fingerprint density at radius 1 is 0.667 bits per heavy atom. The summed E-state index contributed by atoms with van der Waals surface area (Å²) in [6.45, 7) is 0.0000320. The van der Waals surface area contributed by atoms with Crippen molar-refractivity contribution in [3.05, 3.63) is 12.7 Å². The molecule has 0 bridgehead atoms. The zero-order valence-electron chi connectivity index (χ0n) is 13.3. The molecule has 178 valence electrons. The Balaban J connectivity index is 5.90. The van der Waals surface area contributed by atoms with Gasteiger partial charge in [-0.3, -0.25) is 0 Å². The molecular weight excluding hydrogens is 481 g/mol. The first kappa shape index (κ1) is 28.1. The summed E-state index contributed by atoms with van der Waals surface area (Å²) >= 11 is 0. The summed E-state index contributed by atoms with van der Waals surface area (Å²) in [5.41, 5.74) is -7.98. The Morgan fingerprint density at radius 2 is 1.03 bits per heavy atom. The molecule has 0 spiro atoms. The van der Waals surface area contributed by atoms with E-state index in [1.807, 2.05) is 4.74 Å². The number of hydrogen-bond donors (Lipinski definition) is 0. The van der Waals surface area contributed by atoms with E-state index in [-0.39, 0.29) is 6.08 Å². The zero-order valence-corrected chi connectivity index (χ0v) is 13.3. The summed E-state index contributed by atoms with van der Waals surface area (Å²) in [4.78, 5) is 10.5. The fourth-order valence-electron chi connectivity index (χ4n) is 1.27. The van der Waals surface area contributed by atoms with Crippen LogP contribution in [0, 0.1) is 0 Å². The van der Waals surface area contributed by atoms with Crippen LogP contribution >= 0.6 is 0 Å². The maximum atomic E-state index is 13.1. The van der Waals surface area contributed by atoms with Crippen molar-refractivity contribution in [2.75, 3.05) is 6.61 Å². The molecule has 0 aromatic rings. The number of hydrogen-bond acceptors (Lipinski definition) is 4. The minimum absolute atomic E-state index is 0.140. The smallest absolute Gasteiger partial charge is 0.453 e. The van der Waals surface area contributed by atoms with E-state index in [2.05, 4.69) is 11.3 Å². The van der Waals surface area contributed by atoms with Crippen LogP contribution in [0.2, 0.25) is 0 Å². The van der Waals surface area contributed by atoms with Gasteiger partial charge in [0.1, 0.15) is 0 Å². The SMILES string of the molecule is C=CC(=O)OCC(F)(F)OC(F)(F)C(F)(F)OC(F)(F)C(F)(C(F)(F)F)C(F)(F)F. The van der Waals surface area contributed by atoms with Gasteiger partial charge in [-0.15, -0.1) is 0 Å². The van der Waals surface area contributed by atoms with Gasteiger partial charge in [-0.25, -0.2) is 18.7 Å². The van der Waals surface area contributed by atoms with E-state index in [1.165, 1.54) is 4.74 Å². The fraction of sp³-hybridized carbons (Fsp3) is 0.727. The van der Waals surface area contributed by atoms with Crippen molar-refractivity contribution >= 4 is 5.97 Å². The molecule has 0 fully saturated rings. The molecule has 4 nitrogen and oxygen atoms in total. The molecule has 0 unspecified atom stereocenters. The van der Waals surface area contributed by atoms with E-state index in [4.69, 9.17) is 0 Å². The third-order valence-corrected chi connectivity index (χ3v) is 2.60. The van der Waals surface area contributed by atoms with Gasteiger partial charge < -0.3 is 4.74 Å². The molecule has 0 heterocycles. The molecule has 0 atom stereocenters. The first-order valence-corrected chi connectivity index (χ1v) is 6.40. The number of carbonyl (C=O) groups is 1. The van der Waals surface area contributed by atoms with Gasteiger partial charge in [0.2, 0.25) is 0 Å². The van der Waals surface area contributed by atoms with Gasteiger partial charge in [-0.2, -0.15) is 61.5 Å². The van der Waals surface area contributed by atoms with Crippen molar-refractivity contribution in [3.8, 4) is 0 Å². The van der Waals surface area contributed by atoms with Crippen molar-refractivity contribution in [1.29, 1.82) is 0 Å². The molecule has 0 aliphatic heterocycles. The van der Waals surface area contributed by atoms with E-state index in [0.717, 1.165) is 0 Å². The van der Waals surface area contributed by atoms with E-state index in [1.54, 1.807) is 0 Å². The van der Waals surface area contributed by atoms with E-state index >= 15 is 0 Å². The summed E-state index contributed by atoms with van der Waals surface area (Å²) in [7, 11) is 0. The van der Waals surface area contributed by atoms with Crippen LogP contribution in [0.15, 0.2) is 12.7 Å². The van der Waals surface area contributed by atoms with Crippen molar-refractivity contribution in [2.45, 2.75) is 42.5 Å². The number of carbonyl (C=O) groups excluding carboxylic acids is 1. The highest BCUT2D eigenvalue weighted by molar-refractivity contribution is 5.81. The summed E-state index contributed by atoms with van der Waals surface area (Å²) in [6.07, 6.45) is -43.4. The third-order valence-electron chi connectivity index (χ3n) is 2.60. The van der Waals surface area contributed by atoms with Gasteiger partial charge >= 0.3 is 48.4 Å². The summed E-state index contributed by atoms with van der Waals surface area (Å²) in [6, 6.07) is 0. The minimum Gasteiger partial charge on any atom is -0.453 e. The molecule has 19 heteroatoms. The van der Waals surface area contributed by atoms with Crippen LogP contribution in [-0.4, -0.2) is 55.0 Å². The predicted octanol–water partition coefficient (Wildman–Crippen LogP) is 4.95. The lowest BCUT2D eigenvalue weighted by atomic mass is 10.0. The first-order chi connectivity index (χ1) is 12.9. The number of ether oxygens (including phenoxy) is 3. The molecule has 0 aromatic carbocycles. The van der Waals surface area contributed by atoms with Crippen LogP contribution in [-0.2, 0) is 19.0 Å². The highest BCUT2D eigenvalue weighted by Gasteiger charge is 2.88. The standard InChI is InChI=1S/C11H5F15O4/c1-2-4(27)28-3-5(12,13)29-10(23,24)11(25,26)30-9(21,22)6(14,7(15,16)17)8(18,19)20/h2H,1,3H2. The van der Waals surface area contributed by atoms with Gasteiger partial charge in [0.25, 0.3) is 0 Å². The normalized spacial score (nSPS) is 15.2. The lowest BCUT2D eigenvalue weighted by Gasteiger charge is -2.38. The highest BCUT2D eigenvalue weighted by atomic mass is 19.4. The molecule has 0 saturated carbocycles. The fourth-order valence-corrected chi connectivity index (χ4v) is 1.27. The van der Waals surface area contributed by atoms with Crippen LogP contribution in [0.3, 0.4) is 0 Å². The molecule has 30 heavy (non-hydrogen) atoms. The molecule has 0 saturated heterocycles. The minimum atomic E-state index is -7.98. The summed E-state index contributed by atoms with van der Waals surface area (Å²) in [5.74, 6) is -1.78. The van der Waals surface area contributed by atoms with Crippen LogP contribution in [0.1, 0.15) is 0 Å². The monoisotopic (exact) mass is 486 g/mol. The van der Waals surface area contributed by atoms with E-state index in [9.17, 15) is 70.7 Å². The number of alkyl halides is 15. The van der Waals surface area contributed by atoms with Crippen molar-refractivity contribution in [1.82, 2.24) is 0 Å². The van der Waals surface area contributed by atoms with Crippen LogP contribution < -0.4 is 0 Å². The Hall–Kier alpha value is -1.92. The van der Waals surface area contributed by atoms with E-state index < -0.39 is 55.0 Å². The lowest BCUT2D eigenvalue weighted by molar-refractivity contribution is -0.544. The van der Waals surface area contributed by atoms with Gasteiger partial charge in [0.15, 0.2) is 6.61 Å². The van der Waals surface area contributed by atoms with Gasteiger partial charge in [0.05, 0.1) is 0 Å². The average Bonchev–Trinajstić information content (AvgIpc) is 2.47. The Bertz CT molecular complexity index is 621. The van der Waals surface area contributed by atoms with Gasteiger partial charge in [0, 0.05) is 6.08 Å². The Morgan fingerprint density at radius 3 is 1.37 bits per heavy atom. The van der Waals surface area contributed by atoms with Crippen LogP contribution in [0.5, 0.6) is 0 Å². The van der Waals surface area contributed by atoms with Crippen LogP contribution in [0.25, 0.3) is 0 Å². The lowest BCUT2D eigenvalue weighted by Crippen LogP contribution is -2.68. The first-order valence-electron chi connectivity index (χ1n) is 6.40. The van der Waals surface area contributed by atoms with E-state index in [0.29, 0.717) is 0 Å². The molecule has 0 radical (unpaired) electrons. The molecule has 0 aliphatic carbocycles. The molecule has 0 aliphatic rings. The Kier molecular flexibility index (Phi) is 7.46. The van der Waals surface area contributed by atoms with Crippen molar-refractivity contribution in [3.63, 3.8) is 0 Å². The summed E-state index contributed by atoms with van der Waals surface area (Å²) in [5, 5.41) is 0. The predicted molar refractivity (Wildman–Crippen MR) is 59.1 cm³/mol. The number of halogens is 15. The molecule has 0 aromatic heterocycles. The summed E-state index contributed by atoms with van der Waals surface area (Å²) < 4.78 is 197. The topological polar surface area (TPSA) is 44.8 Å². The number of esters is 1. The zero-order chi connectivity index (χ0) is 24.6. The van der Waals surface area contributed by atoms with Gasteiger partial charge in [-0.05, 0) is 0 Å². The van der Waals surface area contributed by atoms with Gasteiger partial charge in [-0.1, -0.05) is 6.58 Å². The second-order valence-corrected chi connectivity index (χ2v) is 4.86. The van der Waals surface area contributed by atoms with Crippen LogP contribution in [0.4, 0.5) is 65.9 Å². The second kappa shape index (κ2) is 7.97. The highest BCUT2D eigenvalue weighted by Crippen LogP contribution is 2.57. The largest absolute Gasteiger partial charge is 0.453 e. The number of rotatable bonds is 9. The molecular formula is C11H5F15O4. The van der Waals surface area contributed by atoms with Crippen molar-refractivity contribution in [2.24, 2.45) is 0 Å². The molecule has 0 N–H and O–H groups in total. The quantitative estimate of drug-likeness (QED) is 0.263. The average molecular weight is 486 g/mol. The third kappa shape index (κ3) is 5.61. The second-order valence-electron chi connectivity index (χ2n) is 4.86. The Labute approximate surface area is 154 Å². The molecule has 0 amide bonds. The molecule has 0 rings (SSSR count). The maximum absolute atomic E-state index is 13.1.